The first-order valence-corrected chi connectivity index (χ1v) is 7.58. The van der Waals surface area contributed by atoms with Crippen LogP contribution in [0, 0.1) is 11.7 Å². The SMILES string of the molecule is CC(C)C(NC(=O)Cc1csc(N)n1)c1ccc(F)cc1. The molecule has 4 nitrogen and oxygen atoms in total. The Labute approximate surface area is 127 Å². The zero-order chi connectivity index (χ0) is 15.4. The van der Waals surface area contributed by atoms with Crippen LogP contribution in [0.15, 0.2) is 29.6 Å². The van der Waals surface area contributed by atoms with Crippen LogP contribution in [-0.2, 0) is 11.2 Å². The number of nitrogens with zero attached hydrogens (tertiary/aromatic N) is 1. The molecule has 1 aromatic heterocycles. The summed E-state index contributed by atoms with van der Waals surface area (Å²) in [6, 6.07) is 6.03. The van der Waals surface area contributed by atoms with Crippen molar-refractivity contribution in [1.29, 1.82) is 0 Å². The van der Waals surface area contributed by atoms with Crippen molar-refractivity contribution in [3.63, 3.8) is 0 Å². The number of carbonyl (C=O) groups excluding carboxylic acids is 1. The van der Waals surface area contributed by atoms with Gasteiger partial charge >= 0.3 is 0 Å². The lowest BCUT2D eigenvalue weighted by atomic mass is 9.96. The van der Waals surface area contributed by atoms with Gasteiger partial charge in [-0.1, -0.05) is 26.0 Å². The highest BCUT2D eigenvalue weighted by Crippen LogP contribution is 2.22. The number of nitrogens with two attached hydrogens (primary N) is 1. The van der Waals surface area contributed by atoms with Crippen LogP contribution >= 0.6 is 11.3 Å². The lowest BCUT2D eigenvalue weighted by molar-refractivity contribution is -0.121. The number of amides is 1. The summed E-state index contributed by atoms with van der Waals surface area (Å²) in [5.41, 5.74) is 7.10. The number of rotatable bonds is 5. The third kappa shape index (κ3) is 4.26. The second-order valence-corrected chi connectivity index (χ2v) is 6.08. The van der Waals surface area contributed by atoms with E-state index in [1.54, 1.807) is 17.5 Å². The number of aromatic nitrogens is 1. The number of thiazole rings is 1. The molecule has 21 heavy (non-hydrogen) atoms. The van der Waals surface area contributed by atoms with Crippen LogP contribution in [0.2, 0.25) is 0 Å². The van der Waals surface area contributed by atoms with Crippen LogP contribution in [0.1, 0.15) is 31.1 Å². The first kappa shape index (κ1) is 15.4. The van der Waals surface area contributed by atoms with Crippen molar-refractivity contribution >= 4 is 22.4 Å². The predicted octanol–water partition coefficient (Wildman–Crippen LogP) is 2.92. The molecular weight excluding hydrogens is 289 g/mol. The summed E-state index contributed by atoms with van der Waals surface area (Å²) in [5.74, 6) is -0.214. The molecule has 0 aliphatic heterocycles. The molecule has 1 heterocycles. The molecule has 1 atom stereocenters. The number of carbonyl (C=O) groups is 1. The fourth-order valence-electron chi connectivity index (χ4n) is 2.10. The minimum atomic E-state index is -0.287. The molecule has 3 N–H and O–H groups in total. The minimum absolute atomic E-state index is 0.122. The molecule has 1 amide bonds. The van der Waals surface area contributed by atoms with Crippen molar-refractivity contribution in [2.75, 3.05) is 5.73 Å². The lowest BCUT2D eigenvalue weighted by Crippen LogP contribution is -2.32. The first-order chi connectivity index (χ1) is 9.95. The molecule has 2 rings (SSSR count). The predicted molar refractivity (Wildman–Crippen MR) is 82.4 cm³/mol. The molecule has 112 valence electrons. The normalized spacial score (nSPS) is 12.4. The Morgan fingerprint density at radius 2 is 2.05 bits per heavy atom. The Balaban J connectivity index is 2.05. The Hall–Kier alpha value is -1.95. The van der Waals surface area contributed by atoms with Crippen LogP contribution < -0.4 is 11.1 Å². The smallest absolute Gasteiger partial charge is 0.226 e. The molecule has 1 aromatic carbocycles. The van der Waals surface area contributed by atoms with Crippen LogP contribution in [0.4, 0.5) is 9.52 Å². The maximum absolute atomic E-state index is 13.0. The van der Waals surface area contributed by atoms with Crippen molar-refractivity contribution in [2.24, 2.45) is 5.92 Å². The second-order valence-electron chi connectivity index (χ2n) is 5.19. The third-order valence-electron chi connectivity index (χ3n) is 3.12. The fourth-order valence-corrected chi connectivity index (χ4v) is 2.66. The monoisotopic (exact) mass is 307 g/mol. The summed E-state index contributed by atoms with van der Waals surface area (Å²) in [4.78, 5) is 16.2. The Morgan fingerprint density at radius 1 is 1.38 bits per heavy atom. The zero-order valence-corrected chi connectivity index (χ0v) is 12.8. The van der Waals surface area contributed by atoms with Gasteiger partial charge in [0.2, 0.25) is 5.91 Å². The molecule has 0 radical (unpaired) electrons. The molecule has 0 fully saturated rings. The number of benzene rings is 1. The Bertz CT molecular complexity index is 610. The van der Waals surface area contributed by atoms with E-state index in [1.807, 2.05) is 13.8 Å². The van der Waals surface area contributed by atoms with Crippen molar-refractivity contribution in [3.8, 4) is 0 Å². The maximum Gasteiger partial charge on any atom is 0.226 e. The molecule has 0 aliphatic carbocycles. The Morgan fingerprint density at radius 3 is 2.57 bits per heavy atom. The molecule has 0 saturated carbocycles. The van der Waals surface area contributed by atoms with E-state index in [-0.39, 0.29) is 30.1 Å². The Kier molecular flexibility index (Phi) is 4.90. The highest BCUT2D eigenvalue weighted by atomic mass is 32.1. The molecule has 2 aromatic rings. The van der Waals surface area contributed by atoms with Gasteiger partial charge in [-0.05, 0) is 23.6 Å². The number of halogens is 1. The van der Waals surface area contributed by atoms with Crippen LogP contribution in [0.5, 0.6) is 0 Å². The van der Waals surface area contributed by atoms with Crippen molar-refractivity contribution in [2.45, 2.75) is 26.3 Å². The summed E-state index contributed by atoms with van der Waals surface area (Å²) >= 11 is 1.31. The molecule has 0 saturated heterocycles. The average molecular weight is 307 g/mol. The van der Waals surface area contributed by atoms with Gasteiger partial charge in [-0.3, -0.25) is 4.79 Å². The molecular formula is C15H18FN3OS. The molecule has 6 heteroatoms. The number of nitrogen functional groups attached to an aromatic ring is 1. The minimum Gasteiger partial charge on any atom is -0.375 e. The van der Waals surface area contributed by atoms with E-state index in [4.69, 9.17) is 5.73 Å². The topological polar surface area (TPSA) is 68.0 Å². The van der Waals surface area contributed by atoms with Crippen molar-refractivity contribution in [3.05, 3.63) is 46.7 Å². The highest BCUT2D eigenvalue weighted by molar-refractivity contribution is 7.13. The first-order valence-electron chi connectivity index (χ1n) is 6.70. The standard InChI is InChI=1S/C15H18FN3OS/c1-9(2)14(10-3-5-11(16)6-4-10)19-13(20)7-12-8-21-15(17)18-12/h3-6,8-9,14H,7H2,1-2H3,(H2,17,18)(H,19,20). The number of nitrogens with one attached hydrogen (secondary N) is 1. The second kappa shape index (κ2) is 6.67. The summed E-state index contributed by atoms with van der Waals surface area (Å²) < 4.78 is 13.0. The van der Waals surface area contributed by atoms with Gasteiger partial charge in [0.15, 0.2) is 5.13 Å². The zero-order valence-electron chi connectivity index (χ0n) is 12.0. The summed E-state index contributed by atoms with van der Waals surface area (Å²) in [6.07, 6.45) is 0.193. The summed E-state index contributed by atoms with van der Waals surface area (Å²) in [5, 5.41) is 5.20. The van der Waals surface area contributed by atoms with Crippen LogP contribution in [0.3, 0.4) is 0 Å². The van der Waals surface area contributed by atoms with Gasteiger partial charge in [0.05, 0.1) is 18.2 Å². The van der Waals surface area contributed by atoms with E-state index in [2.05, 4.69) is 10.3 Å². The molecule has 0 spiro atoms. The average Bonchev–Trinajstić information content (AvgIpc) is 2.82. The van der Waals surface area contributed by atoms with E-state index in [9.17, 15) is 9.18 Å². The number of hydrogen-bond donors (Lipinski definition) is 2. The molecule has 1 unspecified atom stereocenters. The fraction of sp³-hybridized carbons (Fsp3) is 0.333. The lowest BCUT2D eigenvalue weighted by Gasteiger charge is -2.22. The van der Waals surface area contributed by atoms with Crippen molar-refractivity contribution in [1.82, 2.24) is 10.3 Å². The van der Waals surface area contributed by atoms with Crippen molar-refractivity contribution < 1.29 is 9.18 Å². The van der Waals surface area contributed by atoms with Gasteiger partial charge in [-0.25, -0.2) is 9.37 Å². The molecule has 0 aliphatic rings. The highest BCUT2D eigenvalue weighted by Gasteiger charge is 2.19. The third-order valence-corrected chi connectivity index (χ3v) is 3.85. The van der Waals surface area contributed by atoms with E-state index in [0.717, 1.165) is 5.56 Å². The maximum atomic E-state index is 13.0. The van der Waals surface area contributed by atoms with E-state index < -0.39 is 0 Å². The van der Waals surface area contributed by atoms with Gasteiger partial charge in [0.25, 0.3) is 0 Å². The largest absolute Gasteiger partial charge is 0.375 e. The van der Waals surface area contributed by atoms with E-state index in [1.165, 1.54) is 23.5 Å². The van der Waals surface area contributed by atoms with Gasteiger partial charge < -0.3 is 11.1 Å². The number of anilines is 1. The van der Waals surface area contributed by atoms with Gasteiger partial charge in [-0.2, -0.15) is 0 Å². The summed E-state index contributed by atoms with van der Waals surface area (Å²) in [6.45, 7) is 4.02. The van der Waals surface area contributed by atoms with Crippen LogP contribution in [-0.4, -0.2) is 10.9 Å². The summed E-state index contributed by atoms with van der Waals surface area (Å²) in [7, 11) is 0. The van der Waals surface area contributed by atoms with Gasteiger partial charge in [0.1, 0.15) is 5.82 Å². The number of hydrogen-bond acceptors (Lipinski definition) is 4. The van der Waals surface area contributed by atoms with E-state index >= 15 is 0 Å². The van der Waals surface area contributed by atoms with Gasteiger partial charge in [-0.15, -0.1) is 11.3 Å². The molecule has 0 bridgehead atoms. The van der Waals surface area contributed by atoms with Crippen LogP contribution in [0.25, 0.3) is 0 Å². The quantitative estimate of drug-likeness (QED) is 0.892. The van der Waals surface area contributed by atoms with E-state index in [0.29, 0.717) is 10.8 Å². The van der Waals surface area contributed by atoms with Gasteiger partial charge in [0, 0.05) is 5.38 Å².